The lowest BCUT2D eigenvalue weighted by molar-refractivity contribution is -0.142. The van der Waals surface area contributed by atoms with E-state index in [2.05, 4.69) is 14.5 Å². The van der Waals surface area contributed by atoms with Gasteiger partial charge in [0.1, 0.15) is 0 Å². The Morgan fingerprint density at radius 3 is 2.67 bits per heavy atom. The maximum Gasteiger partial charge on any atom is 0.310 e. The summed E-state index contributed by atoms with van der Waals surface area (Å²) in [5, 5.41) is 0. The first kappa shape index (κ1) is 14.1. The van der Waals surface area contributed by atoms with Gasteiger partial charge in [-0.15, -0.1) is 0 Å². The number of ether oxygens (including phenoxy) is 2. The fourth-order valence-electron chi connectivity index (χ4n) is 1.40. The Balaban J connectivity index is 3.10. The minimum atomic E-state index is -2.81. The van der Waals surface area contributed by atoms with Crippen LogP contribution in [0.2, 0.25) is 0 Å². The van der Waals surface area contributed by atoms with Crippen LogP contribution in [0.25, 0.3) is 0 Å². The van der Waals surface area contributed by atoms with Crippen LogP contribution in [0.5, 0.6) is 5.88 Å². The van der Waals surface area contributed by atoms with Crippen molar-refractivity contribution in [2.75, 3.05) is 13.7 Å². The van der Waals surface area contributed by atoms with Gasteiger partial charge in [0.05, 0.1) is 25.7 Å². The molecule has 0 bridgehead atoms. The fourth-order valence-corrected chi connectivity index (χ4v) is 1.40. The van der Waals surface area contributed by atoms with Crippen molar-refractivity contribution in [2.45, 2.75) is 19.8 Å². The highest BCUT2D eigenvalue weighted by Gasteiger charge is 2.18. The van der Waals surface area contributed by atoms with Gasteiger partial charge in [-0.3, -0.25) is 14.6 Å². The number of methoxy groups -OCH3 is 1. The molecule has 0 aliphatic carbocycles. The summed E-state index contributed by atoms with van der Waals surface area (Å²) in [7, 11) is 1.17. The van der Waals surface area contributed by atoms with E-state index in [0.717, 1.165) is 6.07 Å². The van der Waals surface area contributed by atoms with Crippen molar-refractivity contribution in [2.24, 2.45) is 0 Å². The van der Waals surface area contributed by atoms with Crippen LogP contribution in [-0.2, 0) is 16.0 Å². The van der Waals surface area contributed by atoms with Gasteiger partial charge >= 0.3 is 5.97 Å². The molecule has 100 valence electrons. The molecule has 1 aromatic rings. The van der Waals surface area contributed by atoms with E-state index in [4.69, 9.17) is 0 Å². The van der Waals surface area contributed by atoms with Crippen molar-refractivity contribution >= 4 is 5.97 Å². The van der Waals surface area contributed by atoms with E-state index in [1.165, 1.54) is 7.11 Å². The van der Waals surface area contributed by atoms with Crippen molar-refractivity contribution < 1.29 is 23.0 Å². The average molecular weight is 261 g/mol. The summed E-state index contributed by atoms with van der Waals surface area (Å²) in [5.74, 6) is -0.948. The second-order valence-corrected chi connectivity index (χ2v) is 3.39. The summed E-state index contributed by atoms with van der Waals surface area (Å²) >= 11 is 0. The van der Waals surface area contributed by atoms with E-state index in [-0.39, 0.29) is 24.5 Å². The lowest BCUT2D eigenvalue weighted by atomic mass is 10.1. The number of pyridine rings is 1. The number of esters is 1. The highest BCUT2D eigenvalue weighted by molar-refractivity contribution is 5.72. The number of rotatable bonds is 5. The largest absolute Gasteiger partial charge is 0.482 e. The molecule has 0 unspecified atom stereocenters. The number of hydrogen-bond acceptors (Lipinski definition) is 4. The number of nitrogens with one attached hydrogen (secondary N) is 1. The topological polar surface area (TPSA) is 68.4 Å². The third kappa shape index (κ3) is 3.28. The van der Waals surface area contributed by atoms with Crippen molar-refractivity contribution in [3.05, 3.63) is 27.5 Å². The third-order valence-corrected chi connectivity index (χ3v) is 2.19. The van der Waals surface area contributed by atoms with Gasteiger partial charge in [-0.1, -0.05) is 0 Å². The van der Waals surface area contributed by atoms with E-state index >= 15 is 0 Å². The first-order valence-electron chi connectivity index (χ1n) is 5.23. The van der Waals surface area contributed by atoms with Gasteiger partial charge in [0.15, 0.2) is 0 Å². The number of halogens is 2. The van der Waals surface area contributed by atoms with Crippen LogP contribution >= 0.6 is 0 Å². The van der Waals surface area contributed by atoms with Gasteiger partial charge in [0.2, 0.25) is 5.88 Å². The molecule has 0 aliphatic heterocycles. The first-order valence-corrected chi connectivity index (χ1v) is 5.23. The molecule has 0 fully saturated rings. The molecule has 1 heterocycles. The SMILES string of the molecule is CCOC(=O)Cc1cc(C(F)F)c(OC)[nH]c1=O. The molecule has 1 rings (SSSR count). The predicted molar refractivity (Wildman–Crippen MR) is 58.9 cm³/mol. The highest BCUT2D eigenvalue weighted by atomic mass is 19.3. The van der Waals surface area contributed by atoms with E-state index in [1.54, 1.807) is 6.92 Å². The number of aromatic amines is 1. The minimum Gasteiger partial charge on any atom is -0.482 e. The number of aromatic nitrogens is 1. The van der Waals surface area contributed by atoms with Crippen LogP contribution in [-0.4, -0.2) is 24.7 Å². The monoisotopic (exact) mass is 261 g/mol. The normalized spacial score (nSPS) is 10.5. The van der Waals surface area contributed by atoms with Gasteiger partial charge in [0, 0.05) is 5.56 Å². The van der Waals surface area contributed by atoms with E-state index in [1.807, 2.05) is 0 Å². The predicted octanol–water partition coefficient (Wildman–Crippen LogP) is 1.43. The summed E-state index contributed by atoms with van der Waals surface area (Å²) in [6.07, 6.45) is -3.16. The van der Waals surface area contributed by atoms with Gasteiger partial charge < -0.3 is 9.47 Å². The zero-order valence-corrected chi connectivity index (χ0v) is 9.96. The quantitative estimate of drug-likeness (QED) is 0.814. The molecule has 5 nitrogen and oxygen atoms in total. The zero-order chi connectivity index (χ0) is 13.7. The molecule has 0 atom stereocenters. The summed E-state index contributed by atoms with van der Waals surface area (Å²) in [6.45, 7) is 1.77. The van der Waals surface area contributed by atoms with Crippen LogP contribution < -0.4 is 10.3 Å². The summed E-state index contributed by atoms with van der Waals surface area (Å²) in [5.41, 5.74) is -1.19. The van der Waals surface area contributed by atoms with E-state index in [9.17, 15) is 18.4 Å². The van der Waals surface area contributed by atoms with Gasteiger partial charge in [0.25, 0.3) is 12.0 Å². The number of carbonyl (C=O) groups is 1. The second-order valence-electron chi connectivity index (χ2n) is 3.39. The molecular formula is C11H13F2NO4. The van der Waals surface area contributed by atoms with Crippen molar-refractivity contribution in [3.63, 3.8) is 0 Å². The lowest BCUT2D eigenvalue weighted by Gasteiger charge is -2.09. The Hall–Kier alpha value is -1.92. The van der Waals surface area contributed by atoms with Crippen molar-refractivity contribution in [3.8, 4) is 5.88 Å². The molecule has 0 radical (unpaired) electrons. The molecule has 0 spiro atoms. The van der Waals surface area contributed by atoms with Gasteiger partial charge in [-0.25, -0.2) is 8.78 Å². The Bertz CT molecular complexity index is 484. The summed E-state index contributed by atoms with van der Waals surface area (Å²) in [6, 6.07) is 0.958. The third-order valence-electron chi connectivity index (χ3n) is 2.19. The van der Waals surface area contributed by atoms with Crippen LogP contribution in [0, 0.1) is 0 Å². The van der Waals surface area contributed by atoms with Crippen molar-refractivity contribution in [1.29, 1.82) is 0 Å². The molecule has 0 aliphatic rings. The van der Waals surface area contributed by atoms with Crippen LogP contribution in [0.15, 0.2) is 10.9 Å². The number of alkyl halides is 2. The standard InChI is InChI=1S/C11H13F2NO4/c1-3-18-8(15)5-6-4-7(9(12)13)11(17-2)14-10(6)16/h4,9H,3,5H2,1-2H3,(H,14,16). The maximum absolute atomic E-state index is 12.7. The van der Waals surface area contributed by atoms with Crippen molar-refractivity contribution in [1.82, 2.24) is 4.98 Å². The Morgan fingerprint density at radius 1 is 1.50 bits per heavy atom. The molecule has 0 aromatic carbocycles. The molecule has 1 aromatic heterocycles. The zero-order valence-electron chi connectivity index (χ0n) is 9.96. The number of carbonyl (C=O) groups excluding carboxylic acids is 1. The number of H-pyrrole nitrogens is 1. The van der Waals surface area contributed by atoms with E-state index in [0.29, 0.717) is 0 Å². The second kappa shape index (κ2) is 6.13. The number of hydrogen-bond donors (Lipinski definition) is 1. The average Bonchev–Trinajstić information content (AvgIpc) is 2.31. The highest BCUT2D eigenvalue weighted by Crippen LogP contribution is 2.26. The molecular weight excluding hydrogens is 248 g/mol. The Morgan fingerprint density at radius 2 is 2.17 bits per heavy atom. The minimum absolute atomic E-state index is 0.0791. The van der Waals surface area contributed by atoms with E-state index < -0.39 is 23.5 Å². The molecule has 0 saturated carbocycles. The lowest BCUT2D eigenvalue weighted by Crippen LogP contribution is -2.19. The summed E-state index contributed by atoms with van der Waals surface area (Å²) in [4.78, 5) is 24.9. The first-order chi connectivity index (χ1) is 8.49. The van der Waals surface area contributed by atoms with Crippen LogP contribution in [0.1, 0.15) is 24.5 Å². The van der Waals surface area contributed by atoms with Crippen LogP contribution in [0.4, 0.5) is 8.78 Å². The van der Waals surface area contributed by atoms with Gasteiger partial charge in [-0.05, 0) is 13.0 Å². The van der Waals surface area contributed by atoms with Crippen LogP contribution in [0.3, 0.4) is 0 Å². The Labute approximate surface area is 102 Å². The molecule has 0 saturated heterocycles. The molecule has 0 amide bonds. The summed E-state index contributed by atoms with van der Waals surface area (Å²) < 4.78 is 34.7. The molecule has 1 N–H and O–H groups in total. The van der Waals surface area contributed by atoms with Gasteiger partial charge in [-0.2, -0.15) is 0 Å². The maximum atomic E-state index is 12.7. The fraction of sp³-hybridized carbons (Fsp3) is 0.455. The molecule has 7 heteroatoms. The smallest absolute Gasteiger partial charge is 0.310 e. The Kier molecular flexibility index (Phi) is 4.82. The molecule has 18 heavy (non-hydrogen) atoms.